The van der Waals surface area contributed by atoms with E-state index in [1.54, 1.807) is 4.68 Å². The molecule has 1 aromatic carbocycles. The second-order valence-corrected chi connectivity index (χ2v) is 7.17. The first kappa shape index (κ1) is 11.2. The summed E-state index contributed by atoms with van der Waals surface area (Å²) in [6, 6.07) is 7.51. The molecule has 1 N–H and O–H groups in total. The van der Waals surface area contributed by atoms with Crippen molar-refractivity contribution in [2.45, 2.75) is 37.5 Å². The molecule has 0 radical (unpaired) electrons. The Kier molecular flexibility index (Phi) is 1.72. The quantitative estimate of drug-likeness (QED) is 0.858. The Labute approximate surface area is 121 Å². The molecule has 3 atom stereocenters. The molecule has 1 unspecified atom stereocenters. The summed E-state index contributed by atoms with van der Waals surface area (Å²) in [6.07, 6.45) is 3.63. The van der Waals surface area contributed by atoms with Crippen LogP contribution in [0.4, 0.5) is 0 Å². The van der Waals surface area contributed by atoms with E-state index in [1.165, 1.54) is 25.0 Å². The molecule has 20 heavy (non-hydrogen) atoms. The average Bonchev–Trinajstić information content (AvgIpc) is 2.68. The second kappa shape index (κ2) is 3.06. The molecular weight excluding hydrogens is 272 g/mol. The second-order valence-electron chi connectivity index (χ2n) is 6.76. The molecule has 2 bridgehead atoms. The third-order valence-electron chi connectivity index (χ3n) is 6.11. The van der Waals surface area contributed by atoms with Crippen molar-refractivity contribution in [3.8, 4) is 5.69 Å². The van der Waals surface area contributed by atoms with Crippen LogP contribution in [-0.4, -0.2) is 9.78 Å². The van der Waals surface area contributed by atoms with Crippen molar-refractivity contribution in [1.82, 2.24) is 9.78 Å². The summed E-state index contributed by atoms with van der Waals surface area (Å²) in [6.45, 7) is 2.35. The summed E-state index contributed by atoms with van der Waals surface area (Å²) in [5.41, 5.74) is 3.70. The molecule has 2 saturated carbocycles. The normalized spacial score (nSPS) is 36.0. The van der Waals surface area contributed by atoms with E-state index in [0.29, 0.717) is 16.4 Å². The van der Waals surface area contributed by atoms with Crippen molar-refractivity contribution in [1.29, 1.82) is 0 Å². The van der Waals surface area contributed by atoms with E-state index in [0.717, 1.165) is 11.3 Å². The van der Waals surface area contributed by atoms with E-state index >= 15 is 0 Å². The van der Waals surface area contributed by atoms with Crippen molar-refractivity contribution in [2.75, 3.05) is 0 Å². The molecule has 0 amide bonds. The fraction of sp³-hybridized carbons (Fsp3) is 0.438. The maximum absolute atomic E-state index is 12.8. The van der Waals surface area contributed by atoms with Crippen molar-refractivity contribution in [2.24, 2.45) is 5.41 Å². The number of para-hydroxylation sites is 1. The highest BCUT2D eigenvalue weighted by atomic mass is 35.5. The number of H-pyrrole nitrogens is 1. The molecule has 0 aliphatic heterocycles. The Morgan fingerprint density at radius 3 is 2.90 bits per heavy atom. The monoisotopic (exact) mass is 286 g/mol. The summed E-state index contributed by atoms with van der Waals surface area (Å²) in [7, 11) is 0. The summed E-state index contributed by atoms with van der Waals surface area (Å²) < 4.78 is 1.64. The largest absolute Gasteiger partial charge is 0.294 e. The number of aromatic amines is 1. The van der Waals surface area contributed by atoms with Crippen molar-refractivity contribution in [3.63, 3.8) is 0 Å². The van der Waals surface area contributed by atoms with Gasteiger partial charge in [-0.25, -0.2) is 4.68 Å². The van der Waals surface area contributed by atoms with Gasteiger partial charge in [0.25, 0.3) is 5.56 Å². The summed E-state index contributed by atoms with van der Waals surface area (Å²) >= 11 is 6.23. The van der Waals surface area contributed by atoms with Crippen LogP contribution in [0.2, 0.25) is 5.02 Å². The molecule has 0 spiro atoms. The van der Waals surface area contributed by atoms with Crippen LogP contribution in [0.15, 0.2) is 29.1 Å². The van der Waals surface area contributed by atoms with Gasteiger partial charge >= 0.3 is 0 Å². The van der Waals surface area contributed by atoms with Crippen molar-refractivity contribution < 1.29 is 0 Å². The van der Waals surface area contributed by atoms with E-state index in [1.807, 2.05) is 24.3 Å². The van der Waals surface area contributed by atoms with E-state index in [-0.39, 0.29) is 11.0 Å². The summed E-state index contributed by atoms with van der Waals surface area (Å²) in [4.78, 5) is 12.8. The Balaban J connectivity index is 1.78. The van der Waals surface area contributed by atoms with Gasteiger partial charge in [0.15, 0.2) is 0 Å². The number of halogens is 1. The fourth-order valence-corrected chi connectivity index (χ4v) is 5.25. The van der Waals surface area contributed by atoms with Crippen LogP contribution in [0.3, 0.4) is 0 Å². The van der Waals surface area contributed by atoms with Gasteiger partial charge in [-0.1, -0.05) is 30.7 Å². The van der Waals surface area contributed by atoms with Gasteiger partial charge in [-0.05, 0) is 42.7 Å². The van der Waals surface area contributed by atoms with Gasteiger partial charge in [0.05, 0.1) is 10.7 Å². The van der Waals surface area contributed by atoms with Crippen LogP contribution >= 0.6 is 11.6 Å². The lowest BCUT2D eigenvalue weighted by Gasteiger charge is -2.16. The summed E-state index contributed by atoms with van der Waals surface area (Å²) in [5, 5.41) is 3.99. The molecule has 0 saturated heterocycles. The first-order valence-corrected chi connectivity index (χ1v) is 7.57. The Morgan fingerprint density at radius 1 is 1.40 bits per heavy atom. The minimum atomic E-state index is 0.102. The number of aromatic nitrogens is 2. The van der Waals surface area contributed by atoms with Crippen LogP contribution in [-0.2, 0) is 5.41 Å². The predicted molar refractivity (Wildman–Crippen MR) is 77.8 cm³/mol. The zero-order valence-corrected chi connectivity index (χ0v) is 12.0. The third kappa shape index (κ3) is 0.956. The third-order valence-corrected chi connectivity index (χ3v) is 6.43. The van der Waals surface area contributed by atoms with Crippen molar-refractivity contribution >= 4 is 11.6 Å². The molecule has 5 rings (SSSR count). The molecule has 2 aromatic rings. The van der Waals surface area contributed by atoms with Gasteiger partial charge in [-0.3, -0.25) is 9.89 Å². The molecular formula is C16H15ClN2O. The fourth-order valence-electron chi connectivity index (χ4n) is 5.03. The number of rotatable bonds is 1. The topological polar surface area (TPSA) is 37.8 Å². The zero-order valence-electron chi connectivity index (χ0n) is 11.2. The number of fused-ring (bicyclic) bond motifs is 2. The number of hydrogen-bond acceptors (Lipinski definition) is 1. The van der Waals surface area contributed by atoms with Crippen LogP contribution in [0.25, 0.3) is 5.69 Å². The minimum Gasteiger partial charge on any atom is -0.294 e. The molecule has 3 aliphatic carbocycles. The van der Waals surface area contributed by atoms with Crippen LogP contribution in [0.5, 0.6) is 0 Å². The lowest BCUT2D eigenvalue weighted by atomic mass is 9.86. The van der Waals surface area contributed by atoms with Gasteiger partial charge in [-0.2, -0.15) is 0 Å². The van der Waals surface area contributed by atoms with Gasteiger partial charge in [-0.15, -0.1) is 0 Å². The highest BCUT2D eigenvalue weighted by Crippen LogP contribution is 2.82. The lowest BCUT2D eigenvalue weighted by molar-refractivity contribution is 0.474. The SMILES string of the molecule is CC12C[C@@]13CC[C@@H]2c1c3[nH]n(-c2ccccc2Cl)c1=O. The highest BCUT2D eigenvalue weighted by molar-refractivity contribution is 6.32. The molecule has 3 nitrogen and oxygen atoms in total. The first-order valence-electron chi connectivity index (χ1n) is 7.19. The van der Waals surface area contributed by atoms with Gasteiger partial charge in [0.1, 0.15) is 0 Å². The average molecular weight is 287 g/mol. The molecule has 4 heteroatoms. The molecule has 2 fully saturated rings. The molecule has 102 valence electrons. The van der Waals surface area contributed by atoms with E-state index in [9.17, 15) is 4.79 Å². The Bertz CT molecular complexity index is 816. The van der Waals surface area contributed by atoms with E-state index in [4.69, 9.17) is 11.6 Å². The van der Waals surface area contributed by atoms with Gasteiger partial charge in [0.2, 0.25) is 0 Å². The van der Waals surface area contributed by atoms with Gasteiger partial charge < -0.3 is 0 Å². The minimum absolute atomic E-state index is 0.102. The first-order chi connectivity index (χ1) is 9.58. The number of nitrogens with zero attached hydrogens (tertiary/aromatic N) is 1. The Morgan fingerprint density at radius 2 is 2.20 bits per heavy atom. The maximum Gasteiger partial charge on any atom is 0.275 e. The highest BCUT2D eigenvalue weighted by Gasteiger charge is 2.78. The molecule has 3 aliphatic rings. The number of nitrogens with one attached hydrogen (secondary N) is 1. The molecule has 1 aromatic heterocycles. The van der Waals surface area contributed by atoms with E-state index in [2.05, 4.69) is 12.0 Å². The standard InChI is InChI=1S/C16H15ClN2O/c1-15-8-16(15)7-6-9(15)12-13(16)18-19(14(12)20)11-5-3-2-4-10(11)17/h2-5,9,18H,6-8H2,1H3/t9-,15?,16-/m1/s1. The van der Waals surface area contributed by atoms with Crippen LogP contribution < -0.4 is 5.56 Å². The zero-order chi connectivity index (χ0) is 13.7. The number of hydrogen-bond donors (Lipinski definition) is 1. The van der Waals surface area contributed by atoms with E-state index < -0.39 is 0 Å². The van der Waals surface area contributed by atoms with Gasteiger partial charge in [0, 0.05) is 16.7 Å². The lowest BCUT2D eigenvalue weighted by Crippen LogP contribution is -2.21. The summed E-state index contributed by atoms with van der Waals surface area (Å²) in [5.74, 6) is 0.449. The predicted octanol–water partition coefficient (Wildman–Crippen LogP) is 3.36. The van der Waals surface area contributed by atoms with Crippen LogP contribution in [0, 0.1) is 5.41 Å². The maximum atomic E-state index is 12.8. The van der Waals surface area contributed by atoms with Crippen LogP contribution in [0.1, 0.15) is 43.4 Å². The Hall–Kier alpha value is -1.48. The van der Waals surface area contributed by atoms with Crippen molar-refractivity contribution in [3.05, 3.63) is 50.9 Å². The molecule has 1 heterocycles. The smallest absolute Gasteiger partial charge is 0.275 e. The number of benzene rings is 1.